The largest absolute Gasteiger partial charge is 0.340 e. The lowest BCUT2D eigenvalue weighted by Gasteiger charge is -2.10. The molecule has 0 aliphatic carbocycles. The number of fused-ring (bicyclic) bond motifs is 1. The van der Waals surface area contributed by atoms with E-state index in [4.69, 9.17) is 0 Å². The van der Waals surface area contributed by atoms with Crippen LogP contribution in [-0.4, -0.2) is 15.8 Å². The van der Waals surface area contributed by atoms with Crippen molar-refractivity contribution in [3.8, 4) is 11.1 Å². The van der Waals surface area contributed by atoms with E-state index < -0.39 is 0 Å². The Labute approximate surface area is 193 Å². The Bertz CT molecular complexity index is 1380. The third-order valence-electron chi connectivity index (χ3n) is 5.60. The molecular formula is C29H23N3O. The lowest BCUT2D eigenvalue weighted by atomic mass is 9.99. The molecule has 0 fully saturated rings. The molecule has 160 valence electrons. The first kappa shape index (κ1) is 20.6. The molecular weight excluding hydrogens is 406 g/mol. The van der Waals surface area contributed by atoms with E-state index in [1.807, 2.05) is 78.9 Å². The van der Waals surface area contributed by atoms with E-state index in [-0.39, 0.29) is 5.78 Å². The molecule has 1 aromatic heterocycles. The van der Waals surface area contributed by atoms with Crippen LogP contribution in [0.25, 0.3) is 22.0 Å². The Morgan fingerprint density at radius 1 is 0.667 bits per heavy atom. The van der Waals surface area contributed by atoms with Crippen LogP contribution in [0, 0.1) is 0 Å². The van der Waals surface area contributed by atoms with Crippen LogP contribution in [0.15, 0.2) is 109 Å². The van der Waals surface area contributed by atoms with Gasteiger partial charge in [-0.2, -0.15) is 0 Å². The second kappa shape index (κ2) is 9.45. The Morgan fingerprint density at radius 2 is 1.30 bits per heavy atom. The van der Waals surface area contributed by atoms with Crippen LogP contribution in [0.5, 0.6) is 0 Å². The second-order valence-electron chi connectivity index (χ2n) is 8.02. The fourth-order valence-corrected chi connectivity index (χ4v) is 3.92. The van der Waals surface area contributed by atoms with Crippen molar-refractivity contribution in [3.63, 3.8) is 0 Å². The molecule has 4 nitrogen and oxygen atoms in total. The number of nitrogens with one attached hydrogen (secondary N) is 1. The quantitative estimate of drug-likeness (QED) is 0.325. The first-order valence-corrected chi connectivity index (χ1v) is 11.0. The molecule has 33 heavy (non-hydrogen) atoms. The van der Waals surface area contributed by atoms with Gasteiger partial charge in [0.05, 0.1) is 5.52 Å². The van der Waals surface area contributed by atoms with Crippen LogP contribution in [0.1, 0.15) is 11.1 Å². The summed E-state index contributed by atoms with van der Waals surface area (Å²) >= 11 is 0. The number of carbonyl (C=O) groups is 1. The van der Waals surface area contributed by atoms with Crippen molar-refractivity contribution in [3.05, 3.63) is 121 Å². The van der Waals surface area contributed by atoms with Gasteiger partial charge in [0, 0.05) is 23.9 Å². The molecule has 0 saturated carbocycles. The van der Waals surface area contributed by atoms with Gasteiger partial charge in [-0.05, 0) is 46.5 Å². The van der Waals surface area contributed by atoms with Crippen LogP contribution in [-0.2, 0) is 17.6 Å². The number of hydrogen-bond acceptors (Lipinski definition) is 4. The minimum Gasteiger partial charge on any atom is -0.340 e. The first-order chi connectivity index (χ1) is 16.2. The summed E-state index contributed by atoms with van der Waals surface area (Å²) in [6, 6.07) is 34.3. The van der Waals surface area contributed by atoms with Crippen LogP contribution in [0.3, 0.4) is 0 Å². The highest BCUT2D eigenvalue weighted by molar-refractivity contribution is 5.94. The minimum absolute atomic E-state index is 0.216. The zero-order valence-electron chi connectivity index (χ0n) is 18.1. The van der Waals surface area contributed by atoms with Crippen LogP contribution >= 0.6 is 0 Å². The molecule has 0 spiro atoms. The summed E-state index contributed by atoms with van der Waals surface area (Å²) in [7, 11) is 0. The van der Waals surface area contributed by atoms with Gasteiger partial charge in [0.25, 0.3) is 0 Å². The predicted molar refractivity (Wildman–Crippen MR) is 134 cm³/mol. The number of hydrogen-bond donors (Lipinski definition) is 1. The van der Waals surface area contributed by atoms with Gasteiger partial charge in [0.2, 0.25) is 0 Å². The van der Waals surface area contributed by atoms with Gasteiger partial charge in [-0.25, -0.2) is 9.97 Å². The van der Waals surface area contributed by atoms with Crippen LogP contribution in [0.4, 0.5) is 11.5 Å². The molecule has 4 heteroatoms. The molecule has 0 atom stereocenters. The number of Topliss-reactive ketones (excluding diaryl/α,β-unsaturated/α-hetero) is 1. The van der Waals surface area contributed by atoms with Gasteiger partial charge in [0.15, 0.2) is 0 Å². The fraction of sp³-hybridized carbons (Fsp3) is 0.0690. The van der Waals surface area contributed by atoms with Gasteiger partial charge in [-0.15, -0.1) is 0 Å². The van der Waals surface area contributed by atoms with E-state index in [9.17, 15) is 4.79 Å². The number of rotatable bonds is 7. The van der Waals surface area contributed by atoms with Gasteiger partial charge in [-0.3, -0.25) is 4.79 Å². The van der Waals surface area contributed by atoms with Crippen molar-refractivity contribution in [2.75, 3.05) is 5.32 Å². The summed E-state index contributed by atoms with van der Waals surface area (Å²) in [4.78, 5) is 21.3. The number of aromatic nitrogens is 2. The van der Waals surface area contributed by atoms with Gasteiger partial charge in [-0.1, -0.05) is 78.9 Å². The third kappa shape index (κ3) is 4.96. The van der Waals surface area contributed by atoms with Crippen molar-refractivity contribution in [1.29, 1.82) is 0 Å². The average molecular weight is 430 g/mol. The Balaban J connectivity index is 1.35. The van der Waals surface area contributed by atoms with Gasteiger partial charge < -0.3 is 5.32 Å². The number of anilines is 2. The number of para-hydroxylation sites is 1. The van der Waals surface area contributed by atoms with E-state index in [1.165, 1.54) is 0 Å². The Kier molecular flexibility index (Phi) is 5.89. The molecule has 0 saturated heterocycles. The predicted octanol–water partition coefficient (Wildman–Crippen LogP) is 6.39. The van der Waals surface area contributed by atoms with Crippen molar-refractivity contribution in [1.82, 2.24) is 9.97 Å². The highest BCUT2D eigenvalue weighted by atomic mass is 16.1. The summed E-state index contributed by atoms with van der Waals surface area (Å²) in [5.74, 6) is 0.990. The summed E-state index contributed by atoms with van der Waals surface area (Å²) in [6.45, 7) is 0. The second-order valence-corrected chi connectivity index (χ2v) is 8.02. The molecule has 0 bridgehead atoms. The monoisotopic (exact) mass is 429 g/mol. The smallest absolute Gasteiger partial charge is 0.141 e. The van der Waals surface area contributed by atoms with Gasteiger partial charge in [0.1, 0.15) is 17.9 Å². The average Bonchev–Trinajstić information content (AvgIpc) is 2.86. The number of benzene rings is 4. The van der Waals surface area contributed by atoms with E-state index in [1.54, 1.807) is 6.33 Å². The van der Waals surface area contributed by atoms with Crippen LogP contribution in [0.2, 0.25) is 0 Å². The zero-order valence-corrected chi connectivity index (χ0v) is 18.1. The molecule has 0 aliphatic heterocycles. The Hall–Kier alpha value is -4.31. The van der Waals surface area contributed by atoms with E-state index in [2.05, 4.69) is 39.6 Å². The summed E-state index contributed by atoms with van der Waals surface area (Å²) in [5.41, 5.74) is 6.11. The Morgan fingerprint density at radius 3 is 2.03 bits per heavy atom. The SMILES string of the molecule is O=C(Cc1ccccc1)Cc1ccc(-c2ccc3ncnc(Nc4ccccc4)c3c2)cc1. The van der Waals surface area contributed by atoms with E-state index in [0.717, 1.165) is 44.7 Å². The molecule has 0 amide bonds. The van der Waals surface area contributed by atoms with Crippen molar-refractivity contribution in [2.24, 2.45) is 0 Å². The maximum absolute atomic E-state index is 12.4. The molecule has 0 aliphatic rings. The highest BCUT2D eigenvalue weighted by Gasteiger charge is 2.09. The summed E-state index contributed by atoms with van der Waals surface area (Å²) in [6.07, 6.45) is 2.48. The lowest BCUT2D eigenvalue weighted by Crippen LogP contribution is -2.06. The van der Waals surface area contributed by atoms with Crippen molar-refractivity contribution >= 4 is 28.2 Å². The highest BCUT2D eigenvalue weighted by Crippen LogP contribution is 2.28. The summed E-state index contributed by atoms with van der Waals surface area (Å²) in [5, 5.41) is 4.35. The molecule has 1 N–H and O–H groups in total. The zero-order chi connectivity index (χ0) is 22.5. The van der Waals surface area contributed by atoms with Crippen molar-refractivity contribution in [2.45, 2.75) is 12.8 Å². The fourth-order valence-electron chi connectivity index (χ4n) is 3.92. The van der Waals surface area contributed by atoms with E-state index >= 15 is 0 Å². The summed E-state index contributed by atoms with van der Waals surface area (Å²) < 4.78 is 0. The van der Waals surface area contributed by atoms with Crippen LogP contribution < -0.4 is 5.32 Å². The van der Waals surface area contributed by atoms with Crippen molar-refractivity contribution < 1.29 is 4.79 Å². The number of nitrogens with zero attached hydrogens (tertiary/aromatic N) is 2. The molecule has 0 radical (unpaired) electrons. The minimum atomic E-state index is 0.216. The molecule has 5 aromatic rings. The topological polar surface area (TPSA) is 54.9 Å². The maximum Gasteiger partial charge on any atom is 0.141 e. The molecule has 1 heterocycles. The number of ketones is 1. The maximum atomic E-state index is 12.4. The molecule has 0 unspecified atom stereocenters. The van der Waals surface area contributed by atoms with Gasteiger partial charge >= 0.3 is 0 Å². The third-order valence-corrected chi connectivity index (χ3v) is 5.60. The molecule has 5 rings (SSSR count). The lowest BCUT2D eigenvalue weighted by molar-refractivity contribution is -0.117. The van der Waals surface area contributed by atoms with E-state index in [0.29, 0.717) is 12.8 Å². The number of carbonyl (C=O) groups excluding carboxylic acids is 1. The normalized spacial score (nSPS) is 10.8. The first-order valence-electron chi connectivity index (χ1n) is 11.0. The molecule has 4 aromatic carbocycles. The standard InChI is InChI=1S/C29H23N3O/c33-26(17-21-7-3-1-4-8-21)18-22-11-13-23(14-12-22)24-15-16-28-27(19-24)29(31-20-30-28)32-25-9-5-2-6-10-25/h1-16,19-20H,17-18H2,(H,30,31,32).